The molecular weight excluding hydrogens is 230 g/mol. The van der Waals surface area contributed by atoms with Gasteiger partial charge in [0.2, 0.25) is 5.95 Å². The quantitative estimate of drug-likeness (QED) is 0.838. The minimum Gasteiger partial charge on any atom is -0.354 e. The maximum absolute atomic E-state index is 4.50. The normalized spacial score (nSPS) is 10.2. The molecule has 0 unspecified atom stereocenters. The fourth-order valence-electron chi connectivity index (χ4n) is 1.37. The molecule has 0 fully saturated rings. The van der Waals surface area contributed by atoms with Gasteiger partial charge in [-0.25, -0.2) is 9.97 Å². The molecule has 0 saturated heterocycles. The Labute approximate surface area is 106 Å². The lowest BCUT2D eigenvalue weighted by Crippen LogP contribution is -2.03. The number of nitrogens with one attached hydrogen (secondary N) is 1. The fraction of sp³-hybridized carbons (Fsp3) is 0.231. The van der Waals surface area contributed by atoms with Gasteiger partial charge >= 0.3 is 0 Å². The minimum atomic E-state index is 0.691. The first-order valence-corrected chi connectivity index (χ1v) is 6.41. The number of rotatable bonds is 4. The fourth-order valence-corrected chi connectivity index (χ4v) is 2.24. The van der Waals surface area contributed by atoms with Crippen molar-refractivity contribution in [3.05, 3.63) is 42.1 Å². The van der Waals surface area contributed by atoms with E-state index in [1.165, 1.54) is 4.90 Å². The van der Waals surface area contributed by atoms with Crippen LogP contribution in [0.4, 0.5) is 5.95 Å². The Kier molecular flexibility index (Phi) is 3.98. The molecule has 0 amide bonds. The molecule has 0 aliphatic rings. The zero-order valence-electron chi connectivity index (χ0n) is 9.97. The average Bonchev–Trinajstić information content (AvgIpc) is 2.35. The van der Waals surface area contributed by atoms with Gasteiger partial charge in [-0.1, -0.05) is 30.0 Å². The summed E-state index contributed by atoms with van der Waals surface area (Å²) in [6.45, 7) is 4.90. The zero-order chi connectivity index (χ0) is 12.1. The number of hydrogen-bond donors (Lipinski definition) is 1. The SMILES string of the molecule is CCNc1ncc(C)c(Sc2ccccc2)n1. The van der Waals surface area contributed by atoms with Crippen LogP contribution in [0.2, 0.25) is 0 Å². The Balaban J connectivity index is 2.22. The van der Waals surface area contributed by atoms with E-state index in [4.69, 9.17) is 0 Å². The van der Waals surface area contributed by atoms with Crippen LogP contribution >= 0.6 is 11.8 Å². The summed E-state index contributed by atoms with van der Waals surface area (Å²) in [4.78, 5) is 9.92. The van der Waals surface area contributed by atoms with Gasteiger partial charge in [0.15, 0.2) is 0 Å². The first-order valence-electron chi connectivity index (χ1n) is 5.60. The van der Waals surface area contributed by atoms with Crippen molar-refractivity contribution in [2.75, 3.05) is 11.9 Å². The molecule has 3 nitrogen and oxygen atoms in total. The minimum absolute atomic E-state index is 0.691. The Morgan fingerprint density at radius 1 is 1.24 bits per heavy atom. The second kappa shape index (κ2) is 5.68. The van der Waals surface area contributed by atoms with Crippen LogP contribution in [0.1, 0.15) is 12.5 Å². The van der Waals surface area contributed by atoms with E-state index in [0.717, 1.165) is 17.1 Å². The molecule has 1 heterocycles. The van der Waals surface area contributed by atoms with Crippen molar-refractivity contribution >= 4 is 17.7 Å². The number of benzene rings is 1. The third-order valence-corrected chi connectivity index (χ3v) is 3.33. The summed E-state index contributed by atoms with van der Waals surface area (Å²) in [5.74, 6) is 0.691. The number of hydrogen-bond acceptors (Lipinski definition) is 4. The molecule has 2 aromatic rings. The van der Waals surface area contributed by atoms with Gasteiger partial charge in [0.1, 0.15) is 5.03 Å². The summed E-state index contributed by atoms with van der Waals surface area (Å²) < 4.78 is 0. The topological polar surface area (TPSA) is 37.8 Å². The van der Waals surface area contributed by atoms with Crippen molar-refractivity contribution in [3.63, 3.8) is 0 Å². The first kappa shape index (κ1) is 11.9. The zero-order valence-corrected chi connectivity index (χ0v) is 10.8. The molecule has 88 valence electrons. The third kappa shape index (κ3) is 3.20. The highest BCUT2D eigenvalue weighted by atomic mass is 32.2. The smallest absolute Gasteiger partial charge is 0.223 e. The molecular formula is C13H15N3S. The van der Waals surface area contributed by atoms with E-state index in [1.54, 1.807) is 11.8 Å². The molecule has 0 radical (unpaired) electrons. The highest BCUT2D eigenvalue weighted by Gasteiger charge is 2.05. The lowest BCUT2D eigenvalue weighted by Gasteiger charge is -2.07. The predicted molar refractivity (Wildman–Crippen MR) is 71.5 cm³/mol. The Bertz CT molecular complexity index is 485. The molecule has 17 heavy (non-hydrogen) atoms. The number of aryl methyl sites for hydroxylation is 1. The van der Waals surface area contributed by atoms with E-state index in [9.17, 15) is 0 Å². The largest absolute Gasteiger partial charge is 0.354 e. The van der Waals surface area contributed by atoms with Crippen LogP contribution in [0, 0.1) is 6.92 Å². The van der Waals surface area contributed by atoms with Crippen molar-refractivity contribution in [1.82, 2.24) is 9.97 Å². The van der Waals surface area contributed by atoms with Crippen LogP contribution in [0.25, 0.3) is 0 Å². The molecule has 1 N–H and O–H groups in total. The van der Waals surface area contributed by atoms with Gasteiger partial charge in [-0.05, 0) is 26.0 Å². The molecule has 1 aromatic carbocycles. The second-order valence-corrected chi connectivity index (χ2v) is 4.69. The number of aromatic nitrogens is 2. The molecule has 0 saturated carbocycles. The maximum atomic E-state index is 4.50. The van der Waals surface area contributed by atoms with Crippen molar-refractivity contribution in [2.45, 2.75) is 23.8 Å². The summed E-state index contributed by atoms with van der Waals surface area (Å²) in [5, 5.41) is 4.13. The highest BCUT2D eigenvalue weighted by Crippen LogP contribution is 2.28. The van der Waals surface area contributed by atoms with E-state index >= 15 is 0 Å². The summed E-state index contributed by atoms with van der Waals surface area (Å²) in [7, 11) is 0. The summed E-state index contributed by atoms with van der Waals surface area (Å²) in [6.07, 6.45) is 1.86. The Hall–Kier alpha value is -1.55. The van der Waals surface area contributed by atoms with Gasteiger partial charge in [0.25, 0.3) is 0 Å². The average molecular weight is 245 g/mol. The van der Waals surface area contributed by atoms with E-state index < -0.39 is 0 Å². The van der Waals surface area contributed by atoms with E-state index in [1.807, 2.05) is 38.2 Å². The lowest BCUT2D eigenvalue weighted by atomic mass is 10.4. The second-order valence-electron chi connectivity index (χ2n) is 3.63. The van der Waals surface area contributed by atoms with Crippen LogP contribution in [-0.4, -0.2) is 16.5 Å². The van der Waals surface area contributed by atoms with Crippen molar-refractivity contribution in [3.8, 4) is 0 Å². The molecule has 0 bridgehead atoms. The van der Waals surface area contributed by atoms with Gasteiger partial charge in [0, 0.05) is 23.2 Å². The lowest BCUT2D eigenvalue weighted by molar-refractivity contribution is 0.983. The van der Waals surface area contributed by atoms with Crippen molar-refractivity contribution in [1.29, 1.82) is 0 Å². The van der Waals surface area contributed by atoms with Crippen LogP contribution in [0.3, 0.4) is 0 Å². The number of anilines is 1. The molecule has 4 heteroatoms. The summed E-state index contributed by atoms with van der Waals surface area (Å²) >= 11 is 1.66. The van der Waals surface area contributed by atoms with Crippen molar-refractivity contribution in [2.24, 2.45) is 0 Å². The first-order chi connectivity index (χ1) is 8.29. The Morgan fingerprint density at radius 3 is 2.71 bits per heavy atom. The van der Waals surface area contributed by atoms with Crippen molar-refractivity contribution < 1.29 is 0 Å². The van der Waals surface area contributed by atoms with E-state index in [2.05, 4.69) is 27.4 Å². The van der Waals surface area contributed by atoms with Gasteiger partial charge in [-0.15, -0.1) is 0 Å². The van der Waals surface area contributed by atoms with Crippen LogP contribution in [0.5, 0.6) is 0 Å². The monoisotopic (exact) mass is 245 g/mol. The molecule has 0 spiro atoms. The van der Waals surface area contributed by atoms with Crippen LogP contribution in [0.15, 0.2) is 46.5 Å². The van der Waals surface area contributed by atoms with Crippen LogP contribution in [-0.2, 0) is 0 Å². The van der Waals surface area contributed by atoms with E-state index in [-0.39, 0.29) is 0 Å². The third-order valence-electron chi connectivity index (χ3n) is 2.22. The van der Waals surface area contributed by atoms with Gasteiger partial charge < -0.3 is 5.32 Å². The standard InChI is InChI=1S/C13H15N3S/c1-3-14-13-15-9-10(2)12(16-13)17-11-7-5-4-6-8-11/h4-9H,3H2,1-2H3,(H,14,15,16). The Morgan fingerprint density at radius 2 is 2.00 bits per heavy atom. The molecule has 2 rings (SSSR count). The maximum Gasteiger partial charge on any atom is 0.223 e. The molecule has 0 atom stereocenters. The van der Waals surface area contributed by atoms with Gasteiger partial charge in [-0.2, -0.15) is 0 Å². The van der Waals surface area contributed by atoms with Gasteiger partial charge in [0.05, 0.1) is 0 Å². The number of nitrogens with zero attached hydrogens (tertiary/aromatic N) is 2. The molecule has 1 aromatic heterocycles. The van der Waals surface area contributed by atoms with E-state index in [0.29, 0.717) is 5.95 Å². The predicted octanol–water partition coefficient (Wildman–Crippen LogP) is 3.37. The summed E-state index contributed by atoms with van der Waals surface area (Å²) in [5.41, 5.74) is 1.10. The highest BCUT2D eigenvalue weighted by molar-refractivity contribution is 7.99. The summed E-state index contributed by atoms with van der Waals surface area (Å²) in [6, 6.07) is 10.2. The van der Waals surface area contributed by atoms with Crippen LogP contribution < -0.4 is 5.32 Å². The van der Waals surface area contributed by atoms with Gasteiger partial charge in [-0.3, -0.25) is 0 Å². The molecule has 0 aliphatic heterocycles. The molecule has 0 aliphatic carbocycles.